The maximum atomic E-state index is 12.8. The summed E-state index contributed by atoms with van der Waals surface area (Å²) >= 11 is 0. The molecule has 0 atom stereocenters. The fourth-order valence-electron chi connectivity index (χ4n) is 4.73. The zero-order valence-electron chi connectivity index (χ0n) is 19.8. The Morgan fingerprint density at radius 2 is 1.57 bits per heavy atom. The number of amides is 1. The predicted octanol–water partition coefficient (Wildman–Crippen LogP) is 6.57. The van der Waals surface area contributed by atoms with Crippen molar-refractivity contribution in [2.24, 2.45) is 0 Å². The van der Waals surface area contributed by atoms with Crippen molar-refractivity contribution in [3.63, 3.8) is 0 Å². The number of pyridine rings is 1. The van der Waals surface area contributed by atoms with Crippen LogP contribution in [-0.2, 0) is 0 Å². The summed E-state index contributed by atoms with van der Waals surface area (Å²) in [6.45, 7) is 3.49. The Morgan fingerprint density at radius 3 is 2.26 bits per heavy atom. The molecule has 6 rings (SSSR count). The molecule has 1 aliphatic carbocycles. The highest BCUT2D eigenvalue weighted by molar-refractivity contribution is 5.93. The van der Waals surface area contributed by atoms with Gasteiger partial charge in [-0.1, -0.05) is 59.8 Å². The second-order valence-electron chi connectivity index (χ2n) is 9.48. The van der Waals surface area contributed by atoms with E-state index >= 15 is 0 Å². The van der Waals surface area contributed by atoms with Crippen molar-refractivity contribution in [3.8, 4) is 22.5 Å². The van der Waals surface area contributed by atoms with Crippen molar-refractivity contribution in [2.45, 2.75) is 38.5 Å². The van der Waals surface area contributed by atoms with Gasteiger partial charge in [-0.15, -0.1) is 0 Å². The summed E-state index contributed by atoms with van der Waals surface area (Å²) in [5, 5.41) is 7.52. The van der Waals surface area contributed by atoms with Gasteiger partial charge in [0.15, 0.2) is 5.76 Å². The molecule has 1 saturated carbocycles. The average molecular weight is 465 g/mol. The first kappa shape index (κ1) is 21.6. The highest BCUT2D eigenvalue weighted by atomic mass is 16.5. The third-order valence-electron chi connectivity index (χ3n) is 6.92. The Balaban J connectivity index is 1.22. The summed E-state index contributed by atoms with van der Waals surface area (Å²) in [4.78, 5) is 19.2. The van der Waals surface area contributed by atoms with E-state index in [1.165, 1.54) is 24.0 Å². The molecule has 2 aliphatic rings. The Labute approximate surface area is 205 Å². The number of nitrogens with one attached hydrogen (secondary N) is 1. The molecule has 0 radical (unpaired) electrons. The van der Waals surface area contributed by atoms with E-state index in [4.69, 9.17) is 4.52 Å². The number of aryl methyl sites for hydroxylation is 1. The minimum Gasteiger partial charge on any atom is -0.354 e. The van der Waals surface area contributed by atoms with Crippen molar-refractivity contribution < 1.29 is 9.32 Å². The van der Waals surface area contributed by atoms with Gasteiger partial charge in [0.05, 0.1) is 0 Å². The first-order chi connectivity index (χ1) is 17.2. The molecule has 1 amide bonds. The highest BCUT2D eigenvalue weighted by Crippen LogP contribution is 2.40. The Kier molecular flexibility index (Phi) is 5.57. The van der Waals surface area contributed by atoms with E-state index in [2.05, 4.69) is 64.0 Å². The standard InChI is InChI=1S/C29H28N4O2/c1-19-27(31-26-6-4-5-25(30-26)29(34)33-17-2-3-18-33)28(35-32-19)24-15-13-23(14-16-24)22-11-9-21(10-12-22)20-7-8-20/h4-6,9-16,20H,2-3,7-8,17-18H2,1H3,(H,30,31). The maximum absolute atomic E-state index is 12.8. The van der Waals surface area contributed by atoms with E-state index < -0.39 is 0 Å². The van der Waals surface area contributed by atoms with Gasteiger partial charge >= 0.3 is 0 Å². The van der Waals surface area contributed by atoms with Crippen LogP contribution in [0.3, 0.4) is 0 Å². The molecule has 6 nitrogen and oxygen atoms in total. The molecule has 3 heterocycles. The lowest BCUT2D eigenvalue weighted by Crippen LogP contribution is -2.28. The van der Waals surface area contributed by atoms with Crippen molar-refractivity contribution in [2.75, 3.05) is 18.4 Å². The number of carbonyl (C=O) groups is 1. The number of rotatable bonds is 6. The van der Waals surface area contributed by atoms with Gasteiger partial charge in [0.25, 0.3) is 5.91 Å². The molecular formula is C29H28N4O2. The first-order valence-electron chi connectivity index (χ1n) is 12.4. The van der Waals surface area contributed by atoms with E-state index in [-0.39, 0.29) is 5.91 Å². The van der Waals surface area contributed by atoms with E-state index in [0.29, 0.717) is 17.3 Å². The van der Waals surface area contributed by atoms with Crippen LogP contribution in [0.2, 0.25) is 0 Å². The largest absolute Gasteiger partial charge is 0.354 e. The molecular weight excluding hydrogens is 436 g/mol. The Hall–Kier alpha value is -3.93. The summed E-state index contributed by atoms with van der Waals surface area (Å²) in [6, 6.07) is 22.7. The van der Waals surface area contributed by atoms with Crippen LogP contribution < -0.4 is 5.32 Å². The smallest absolute Gasteiger partial charge is 0.272 e. The quantitative estimate of drug-likeness (QED) is 0.349. The summed E-state index contributed by atoms with van der Waals surface area (Å²) in [6.07, 6.45) is 4.74. The lowest BCUT2D eigenvalue weighted by Gasteiger charge is -2.15. The number of benzene rings is 2. The van der Waals surface area contributed by atoms with Crippen LogP contribution in [0.4, 0.5) is 11.5 Å². The minimum atomic E-state index is -0.0193. The van der Waals surface area contributed by atoms with E-state index in [1.54, 1.807) is 6.07 Å². The summed E-state index contributed by atoms with van der Waals surface area (Å²) in [7, 11) is 0. The van der Waals surface area contributed by atoms with Crippen LogP contribution in [0.25, 0.3) is 22.5 Å². The Bertz CT molecular complexity index is 1350. The van der Waals surface area contributed by atoms with Crippen LogP contribution in [0.15, 0.2) is 71.3 Å². The van der Waals surface area contributed by atoms with Crippen molar-refractivity contribution in [1.29, 1.82) is 0 Å². The zero-order valence-corrected chi connectivity index (χ0v) is 19.8. The van der Waals surface area contributed by atoms with Crippen molar-refractivity contribution in [1.82, 2.24) is 15.0 Å². The number of aromatic nitrogens is 2. The SMILES string of the molecule is Cc1noc(-c2ccc(-c3ccc(C4CC4)cc3)cc2)c1Nc1cccc(C(=O)N2CCCC2)n1. The zero-order chi connectivity index (χ0) is 23.8. The fraction of sp³-hybridized carbons (Fsp3) is 0.276. The summed E-state index contributed by atoms with van der Waals surface area (Å²) in [5.41, 5.74) is 6.68. The third-order valence-corrected chi connectivity index (χ3v) is 6.92. The van der Waals surface area contributed by atoms with E-state index in [1.807, 2.05) is 24.0 Å². The average Bonchev–Trinajstić information content (AvgIpc) is 3.49. The molecule has 4 aromatic rings. The minimum absolute atomic E-state index is 0.0193. The van der Waals surface area contributed by atoms with Gasteiger partial charge in [0.2, 0.25) is 0 Å². The van der Waals surface area contributed by atoms with Gasteiger partial charge in [0, 0.05) is 18.7 Å². The molecule has 35 heavy (non-hydrogen) atoms. The molecule has 0 bridgehead atoms. The van der Waals surface area contributed by atoms with Gasteiger partial charge in [0.1, 0.15) is 22.9 Å². The van der Waals surface area contributed by atoms with Gasteiger partial charge in [-0.2, -0.15) is 0 Å². The van der Waals surface area contributed by atoms with Gasteiger partial charge < -0.3 is 14.7 Å². The molecule has 2 aromatic heterocycles. The van der Waals surface area contributed by atoms with Gasteiger partial charge in [-0.25, -0.2) is 4.98 Å². The van der Waals surface area contributed by atoms with Crippen LogP contribution in [0.5, 0.6) is 0 Å². The number of hydrogen-bond acceptors (Lipinski definition) is 5. The summed E-state index contributed by atoms with van der Waals surface area (Å²) in [5.74, 6) is 1.99. The number of anilines is 2. The number of hydrogen-bond donors (Lipinski definition) is 1. The summed E-state index contributed by atoms with van der Waals surface area (Å²) < 4.78 is 5.69. The molecule has 2 fully saturated rings. The molecule has 0 spiro atoms. The topological polar surface area (TPSA) is 71.3 Å². The second-order valence-corrected chi connectivity index (χ2v) is 9.48. The predicted molar refractivity (Wildman–Crippen MR) is 137 cm³/mol. The normalized spacial score (nSPS) is 15.4. The molecule has 6 heteroatoms. The monoisotopic (exact) mass is 464 g/mol. The highest BCUT2D eigenvalue weighted by Gasteiger charge is 2.23. The lowest BCUT2D eigenvalue weighted by atomic mass is 10.0. The fourth-order valence-corrected chi connectivity index (χ4v) is 4.73. The van der Waals surface area contributed by atoms with Crippen LogP contribution >= 0.6 is 0 Å². The number of nitrogens with zero attached hydrogens (tertiary/aromatic N) is 3. The van der Waals surface area contributed by atoms with Crippen molar-refractivity contribution in [3.05, 3.63) is 83.7 Å². The number of carbonyl (C=O) groups excluding carboxylic acids is 1. The van der Waals surface area contributed by atoms with Gasteiger partial charge in [-0.05, 0) is 67.3 Å². The van der Waals surface area contributed by atoms with E-state index in [9.17, 15) is 4.79 Å². The van der Waals surface area contributed by atoms with Crippen LogP contribution in [0.1, 0.15) is 53.3 Å². The molecule has 1 N–H and O–H groups in total. The molecule has 1 saturated heterocycles. The number of likely N-dealkylation sites (tertiary alicyclic amines) is 1. The lowest BCUT2D eigenvalue weighted by molar-refractivity contribution is 0.0787. The Morgan fingerprint density at radius 1 is 0.914 bits per heavy atom. The first-order valence-corrected chi connectivity index (χ1v) is 12.4. The maximum Gasteiger partial charge on any atom is 0.272 e. The molecule has 1 aliphatic heterocycles. The third kappa shape index (κ3) is 4.44. The molecule has 2 aromatic carbocycles. The van der Waals surface area contributed by atoms with E-state index in [0.717, 1.165) is 54.4 Å². The molecule has 0 unspecified atom stereocenters. The van der Waals surface area contributed by atoms with Crippen LogP contribution in [-0.4, -0.2) is 34.0 Å². The van der Waals surface area contributed by atoms with Gasteiger partial charge in [-0.3, -0.25) is 4.79 Å². The van der Waals surface area contributed by atoms with Crippen LogP contribution in [0, 0.1) is 6.92 Å². The van der Waals surface area contributed by atoms with Crippen molar-refractivity contribution >= 4 is 17.4 Å². The second kappa shape index (κ2) is 9.02. The molecule has 176 valence electrons.